The van der Waals surface area contributed by atoms with Gasteiger partial charge in [-0.05, 0) is 23.6 Å². The predicted molar refractivity (Wildman–Crippen MR) is 80.7 cm³/mol. The van der Waals surface area contributed by atoms with Crippen LogP contribution in [0.25, 0.3) is 0 Å². The van der Waals surface area contributed by atoms with Gasteiger partial charge in [-0.1, -0.05) is 26.0 Å². The Kier molecular flexibility index (Phi) is 4.80. The second-order valence-electron chi connectivity index (χ2n) is 5.23. The van der Waals surface area contributed by atoms with Gasteiger partial charge in [0.2, 0.25) is 10.0 Å². The number of aromatic nitrogens is 1. The zero-order valence-corrected chi connectivity index (χ0v) is 13.3. The highest BCUT2D eigenvalue weighted by Crippen LogP contribution is 2.17. The molecule has 2 aromatic rings. The van der Waals surface area contributed by atoms with Gasteiger partial charge in [-0.3, -0.25) is 0 Å². The fourth-order valence-electron chi connectivity index (χ4n) is 1.95. The van der Waals surface area contributed by atoms with Gasteiger partial charge in [-0.2, -0.15) is 0 Å². The molecule has 0 atom stereocenters. The van der Waals surface area contributed by atoms with Gasteiger partial charge in [-0.15, -0.1) is 0 Å². The van der Waals surface area contributed by atoms with Crippen molar-refractivity contribution in [1.29, 1.82) is 0 Å². The minimum atomic E-state index is -3.47. The molecular formula is C15H20N2O3S. The number of sulfonamides is 1. The Labute approximate surface area is 125 Å². The third-order valence-electron chi connectivity index (χ3n) is 3.20. The van der Waals surface area contributed by atoms with E-state index in [4.69, 9.17) is 4.42 Å². The Balaban J connectivity index is 1.97. The fraction of sp³-hybridized carbons (Fsp3) is 0.400. The molecule has 114 valence electrons. The minimum absolute atomic E-state index is 0.281. The Morgan fingerprint density at radius 3 is 2.43 bits per heavy atom. The van der Waals surface area contributed by atoms with E-state index < -0.39 is 10.0 Å². The summed E-state index contributed by atoms with van der Waals surface area (Å²) < 4.78 is 32.0. The molecule has 5 nitrogen and oxygen atoms in total. The van der Waals surface area contributed by atoms with E-state index in [0.29, 0.717) is 24.8 Å². The quantitative estimate of drug-likeness (QED) is 0.890. The zero-order valence-electron chi connectivity index (χ0n) is 12.5. The first-order chi connectivity index (χ1) is 9.88. The van der Waals surface area contributed by atoms with Crippen molar-refractivity contribution in [2.24, 2.45) is 0 Å². The van der Waals surface area contributed by atoms with Crippen LogP contribution in [-0.4, -0.2) is 19.9 Å². The first-order valence-electron chi connectivity index (χ1n) is 6.89. The van der Waals surface area contributed by atoms with Crippen molar-refractivity contribution in [2.75, 3.05) is 6.54 Å². The van der Waals surface area contributed by atoms with Gasteiger partial charge in [0, 0.05) is 19.9 Å². The van der Waals surface area contributed by atoms with E-state index in [9.17, 15) is 8.42 Å². The topological polar surface area (TPSA) is 72.2 Å². The van der Waals surface area contributed by atoms with E-state index in [1.165, 1.54) is 0 Å². The summed E-state index contributed by atoms with van der Waals surface area (Å²) in [4.78, 5) is 4.41. The molecule has 1 aromatic heterocycles. The van der Waals surface area contributed by atoms with Crippen LogP contribution in [0.2, 0.25) is 0 Å². The summed E-state index contributed by atoms with van der Waals surface area (Å²) >= 11 is 0. The SMILES string of the molecule is Cc1nc(CCNS(=O)(=O)c2ccc(C(C)C)cc2)co1. The van der Waals surface area contributed by atoms with Crippen molar-refractivity contribution in [3.05, 3.63) is 47.7 Å². The summed E-state index contributed by atoms with van der Waals surface area (Å²) in [6.07, 6.45) is 2.04. The van der Waals surface area contributed by atoms with Crippen LogP contribution in [0, 0.1) is 6.92 Å². The largest absolute Gasteiger partial charge is 0.449 e. The molecule has 0 aliphatic rings. The molecule has 0 amide bonds. The first-order valence-corrected chi connectivity index (χ1v) is 8.37. The predicted octanol–water partition coefficient (Wildman–Crippen LogP) is 2.63. The standard InChI is InChI=1S/C15H20N2O3S/c1-11(2)13-4-6-15(7-5-13)21(18,19)16-9-8-14-10-20-12(3)17-14/h4-7,10-11,16H,8-9H2,1-3H3. The van der Waals surface area contributed by atoms with Crippen molar-refractivity contribution in [1.82, 2.24) is 9.71 Å². The van der Waals surface area contributed by atoms with Crippen LogP contribution in [0.15, 0.2) is 39.8 Å². The van der Waals surface area contributed by atoms with Crippen molar-refractivity contribution in [3.63, 3.8) is 0 Å². The molecular weight excluding hydrogens is 288 g/mol. The Hall–Kier alpha value is -1.66. The summed E-state index contributed by atoms with van der Waals surface area (Å²) in [7, 11) is -3.47. The lowest BCUT2D eigenvalue weighted by Gasteiger charge is -2.08. The van der Waals surface area contributed by atoms with Crippen LogP contribution in [0.5, 0.6) is 0 Å². The van der Waals surface area contributed by atoms with Crippen molar-refractivity contribution in [3.8, 4) is 0 Å². The van der Waals surface area contributed by atoms with Crippen LogP contribution in [0.1, 0.15) is 36.9 Å². The second kappa shape index (κ2) is 6.41. The highest BCUT2D eigenvalue weighted by atomic mass is 32.2. The molecule has 21 heavy (non-hydrogen) atoms. The summed E-state index contributed by atoms with van der Waals surface area (Å²) in [5.41, 5.74) is 1.86. The number of benzene rings is 1. The molecule has 1 N–H and O–H groups in total. The van der Waals surface area contributed by atoms with E-state index in [1.807, 2.05) is 12.1 Å². The maximum Gasteiger partial charge on any atom is 0.240 e. The van der Waals surface area contributed by atoms with Gasteiger partial charge in [0.05, 0.1) is 10.6 Å². The minimum Gasteiger partial charge on any atom is -0.449 e. The average Bonchev–Trinajstić information content (AvgIpc) is 2.84. The lowest BCUT2D eigenvalue weighted by atomic mass is 10.0. The number of nitrogens with zero attached hydrogens (tertiary/aromatic N) is 1. The highest BCUT2D eigenvalue weighted by Gasteiger charge is 2.14. The Morgan fingerprint density at radius 1 is 1.24 bits per heavy atom. The molecule has 0 unspecified atom stereocenters. The maximum atomic E-state index is 12.2. The average molecular weight is 308 g/mol. The molecule has 0 fully saturated rings. The maximum absolute atomic E-state index is 12.2. The van der Waals surface area contributed by atoms with E-state index in [1.54, 1.807) is 25.3 Å². The van der Waals surface area contributed by atoms with Gasteiger partial charge < -0.3 is 4.42 Å². The van der Waals surface area contributed by atoms with E-state index in [0.717, 1.165) is 11.3 Å². The van der Waals surface area contributed by atoms with Gasteiger partial charge in [0.1, 0.15) is 6.26 Å². The molecule has 0 saturated heterocycles. The van der Waals surface area contributed by atoms with Crippen molar-refractivity contribution >= 4 is 10.0 Å². The van der Waals surface area contributed by atoms with Crippen LogP contribution in [0.3, 0.4) is 0 Å². The summed E-state index contributed by atoms with van der Waals surface area (Å²) in [6.45, 7) is 6.19. The number of hydrogen-bond donors (Lipinski definition) is 1. The lowest BCUT2D eigenvalue weighted by molar-refractivity contribution is 0.520. The van der Waals surface area contributed by atoms with Crippen LogP contribution in [0.4, 0.5) is 0 Å². The number of nitrogens with one attached hydrogen (secondary N) is 1. The first kappa shape index (κ1) is 15.7. The molecule has 6 heteroatoms. The van der Waals surface area contributed by atoms with Crippen molar-refractivity contribution in [2.45, 2.75) is 38.0 Å². The van der Waals surface area contributed by atoms with Gasteiger partial charge in [0.15, 0.2) is 5.89 Å². The summed E-state index contributed by atoms with van der Waals surface area (Å²) in [5.74, 6) is 0.960. The van der Waals surface area contributed by atoms with Gasteiger partial charge >= 0.3 is 0 Å². The van der Waals surface area contributed by atoms with E-state index in [-0.39, 0.29) is 4.90 Å². The fourth-order valence-corrected chi connectivity index (χ4v) is 2.98. The molecule has 0 radical (unpaired) electrons. The summed E-state index contributed by atoms with van der Waals surface area (Å²) in [6, 6.07) is 6.97. The van der Waals surface area contributed by atoms with Crippen LogP contribution >= 0.6 is 0 Å². The van der Waals surface area contributed by atoms with E-state index >= 15 is 0 Å². The smallest absolute Gasteiger partial charge is 0.240 e. The number of aryl methyl sites for hydroxylation is 1. The highest BCUT2D eigenvalue weighted by molar-refractivity contribution is 7.89. The third-order valence-corrected chi connectivity index (χ3v) is 4.67. The zero-order chi connectivity index (χ0) is 15.5. The Morgan fingerprint density at radius 2 is 1.90 bits per heavy atom. The molecule has 0 spiro atoms. The monoisotopic (exact) mass is 308 g/mol. The lowest BCUT2D eigenvalue weighted by Crippen LogP contribution is -2.26. The Bertz CT molecular complexity index is 688. The third kappa shape index (κ3) is 4.15. The van der Waals surface area contributed by atoms with Crippen LogP contribution in [-0.2, 0) is 16.4 Å². The molecule has 0 aliphatic carbocycles. The van der Waals surface area contributed by atoms with Crippen molar-refractivity contribution < 1.29 is 12.8 Å². The molecule has 0 aliphatic heterocycles. The molecule has 1 heterocycles. The van der Waals surface area contributed by atoms with Gasteiger partial charge in [-0.25, -0.2) is 18.1 Å². The van der Waals surface area contributed by atoms with Crippen LogP contribution < -0.4 is 4.72 Å². The number of oxazole rings is 1. The second-order valence-corrected chi connectivity index (χ2v) is 7.00. The molecule has 1 aromatic carbocycles. The summed E-state index contributed by atoms with van der Waals surface area (Å²) in [5, 5.41) is 0. The number of rotatable bonds is 6. The normalized spacial score (nSPS) is 12.0. The molecule has 0 saturated carbocycles. The molecule has 2 rings (SSSR count). The number of hydrogen-bond acceptors (Lipinski definition) is 4. The van der Waals surface area contributed by atoms with E-state index in [2.05, 4.69) is 23.6 Å². The van der Waals surface area contributed by atoms with Gasteiger partial charge in [0.25, 0.3) is 0 Å². The molecule has 0 bridgehead atoms.